The first-order chi connectivity index (χ1) is 8.16. The molecule has 0 radical (unpaired) electrons. The summed E-state index contributed by atoms with van der Waals surface area (Å²) in [5.41, 5.74) is 1.67. The Morgan fingerprint density at radius 1 is 1.47 bits per heavy atom. The van der Waals surface area contributed by atoms with Crippen LogP contribution in [0, 0.1) is 6.92 Å². The zero-order chi connectivity index (χ0) is 12.0. The van der Waals surface area contributed by atoms with Crippen LogP contribution in [0.25, 0.3) is 21.5 Å². The fourth-order valence-corrected chi connectivity index (χ4v) is 2.86. The van der Waals surface area contributed by atoms with Gasteiger partial charge < -0.3 is 9.55 Å². The first kappa shape index (κ1) is 10.3. The average Bonchev–Trinajstić information content (AvgIpc) is 2.84. The number of pyridine rings is 1. The summed E-state index contributed by atoms with van der Waals surface area (Å²) in [4.78, 5) is 19.8. The molecular weight excluding hydrogens is 234 g/mol. The molecule has 17 heavy (non-hydrogen) atoms. The number of thiazole rings is 1. The molecule has 3 heterocycles. The van der Waals surface area contributed by atoms with Crippen LogP contribution >= 0.6 is 11.3 Å². The van der Waals surface area contributed by atoms with Crippen molar-refractivity contribution in [1.82, 2.24) is 14.5 Å². The van der Waals surface area contributed by atoms with E-state index in [9.17, 15) is 4.79 Å². The van der Waals surface area contributed by atoms with Crippen LogP contribution in [0.5, 0.6) is 0 Å². The van der Waals surface area contributed by atoms with Crippen LogP contribution < -0.4 is 5.56 Å². The van der Waals surface area contributed by atoms with Gasteiger partial charge in [-0.1, -0.05) is 0 Å². The third-order valence-electron chi connectivity index (χ3n) is 2.83. The van der Waals surface area contributed by atoms with E-state index in [1.807, 2.05) is 36.9 Å². The Kier molecular flexibility index (Phi) is 2.16. The molecule has 0 aromatic carbocycles. The zero-order valence-electron chi connectivity index (χ0n) is 9.52. The van der Waals surface area contributed by atoms with E-state index in [2.05, 4.69) is 9.97 Å². The first-order valence-corrected chi connectivity index (χ1v) is 6.08. The van der Waals surface area contributed by atoms with Gasteiger partial charge in [0.1, 0.15) is 5.52 Å². The third kappa shape index (κ3) is 1.51. The SMILES string of the molecule is Cc1ncc(-c2cc3cc[nH]c(=O)c3n2C)s1. The summed E-state index contributed by atoms with van der Waals surface area (Å²) in [5, 5.41) is 1.98. The average molecular weight is 245 g/mol. The molecule has 3 rings (SSSR count). The maximum Gasteiger partial charge on any atom is 0.272 e. The maximum atomic E-state index is 11.8. The van der Waals surface area contributed by atoms with E-state index in [1.54, 1.807) is 17.5 Å². The van der Waals surface area contributed by atoms with Crippen LogP contribution in [0.15, 0.2) is 29.3 Å². The van der Waals surface area contributed by atoms with Gasteiger partial charge in [-0.3, -0.25) is 4.79 Å². The number of hydrogen-bond acceptors (Lipinski definition) is 3. The lowest BCUT2D eigenvalue weighted by atomic mass is 10.3. The van der Waals surface area contributed by atoms with Crippen molar-refractivity contribution < 1.29 is 0 Å². The van der Waals surface area contributed by atoms with Gasteiger partial charge in [0.25, 0.3) is 5.56 Å². The maximum absolute atomic E-state index is 11.8. The molecule has 0 aliphatic carbocycles. The normalized spacial score (nSPS) is 11.2. The molecule has 0 fully saturated rings. The van der Waals surface area contributed by atoms with Gasteiger partial charge in [-0.15, -0.1) is 11.3 Å². The smallest absolute Gasteiger partial charge is 0.272 e. The topological polar surface area (TPSA) is 50.7 Å². The van der Waals surface area contributed by atoms with Crippen LogP contribution in [-0.4, -0.2) is 14.5 Å². The quantitative estimate of drug-likeness (QED) is 0.715. The molecule has 4 nitrogen and oxygen atoms in total. The van der Waals surface area contributed by atoms with E-state index in [4.69, 9.17) is 0 Å². The molecule has 0 atom stereocenters. The first-order valence-electron chi connectivity index (χ1n) is 5.27. The molecule has 0 bridgehead atoms. The molecule has 3 aromatic rings. The minimum absolute atomic E-state index is 0.0579. The van der Waals surface area contributed by atoms with E-state index in [-0.39, 0.29) is 5.56 Å². The van der Waals surface area contributed by atoms with Gasteiger partial charge in [-0.2, -0.15) is 0 Å². The Labute approximate surface area is 102 Å². The Hall–Kier alpha value is -1.88. The van der Waals surface area contributed by atoms with Crippen molar-refractivity contribution in [2.45, 2.75) is 6.92 Å². The number of aromatic amines is 1. The van der Waals surface area contributed by atoms with E-state index >= 15 is 0 Å². The van der Waals surface area contributed by atoms with Crippen molar-refractivity contribution in [3.8, 4) is 10.6 Å². The summed E-state index contributed by atoms with van der Waals surface area (Å²) >= 11 is 1.63. The van der Waals surface area contributed by atoms with Crippen molar-refractivity contribution in [3.05, 3.63) is 39.9 Å². The van der Waals surface area contributed by atoms with Gasteiger partial charge in [-0.05, 0) is 19.1 Å². The van der Waals surface area contributed by atoms with E-state index in [0.717, 1.165) is 21.0 Å². The fraction of sp³-hybridized carbons (Fsp3) is 0.167. The van der Waals surface area contributed by atoms with Crippen molar-refractivity contribution in [2.75, 3.05) is 0 Å². The lowest BCUT2D eigenvalue weighted by Crippen LogP contribution is -2.08. The Bertz CT molecular complexity index is 751. The number of aryl methyl sites for hydroxylation is 2. The highest BCUT2D eigenvalue weighted by Gasteiger charge is 2.11. The lowest BCUT2D eigenvalue weighted by Gasteiger charge is -1.99. The predicted octanol–water partition coefficient (Wildman–Crippen LogP) is 2.30. The summed E-state index contributed by atoms with van der Waals surface area (Å²) in [6.45, 7) is 1.98. The van der Waals surface area contributed by atoms with Gasteiger partial charge in [0, 0.05) is 24.8 Å². The van der Waals surface area contributed by atoms with Crippen molar-refractivity contribution in [1.29, 1.82) is 0 Å². The van der Waals surface area contributed by atoms with Gasteiger partial charge in [0.15, 0.2) is 0 Å². The number of H-pyrrole nitrogens is 1. The number of hydrogen-bond donors (Lipinski definition) is 1. The van der Waals surface area contributed by atoms with Crippen LogP contribution in [0.1, 0.15) is 5.01 Å². The predicted molar refractivity (Wildman–Crippen MR) is 69.4 cm³/mol. The van der Waals surface area contributed by atoms with E-state index < -0.39 is 0 Å². The number of nitrogens with zero attached hydrogens (tertiary/aromatic N) is 2. The van der Waals surface area contributed by atoms with Crippen molar-refractivity contribution >= 4 is 22.2 Å². The largest absolute Gasteiger partial charge is 0.338 e. The molecule has 0 spiro atoms. The van der Waals surface area contributed by atoms with Crippen LogP contribution in [0.3, 0.4) is 0 Å². The molecule has 5 heteroatoms. The minimum atomic E-state index is -0.0579. The minimum Gasteiger partial charge on any atom is -0.338 e. The van der Waals surface area contributed by atoms with Gasteiger partial charge in [-0.25, -0.2) is 4.98 Å². The molecule has 0 unspecified atom stereocenters. The fourth-order valence-electron chi connectivity index (χ4n) is 2.03. The van der Waals surface area contributed by atoms with Gasteiger partial charge >= 0.3 is 0 Å². The lowest BCUT2D eigenvalue weighted by molar-refractivity contribution is 0.968. The zero-order valence-corrected chi connectivity index (χ0v) is 10.3. The number of fused-ring (bicyclic) bond motifs is 1. The van der Waals surface area contributed by atoms with Crippen molar-refractivity contribution in [2.24, 2.45) is 7.05 Å². The number of aromatic nitrogens is 3. The molecule has 0 aliphatic heterocycles. The number of rotatable bonds is 1. The van der Waals surface area contributed by atoms with Crippen LogP contribution in [-0.2, 0) is 7.05 Å². The second-order valence-electron chi connectivity index (χ2n) is 3.94. The second-order valence-corrected chi connectivity index (χ2v) is 5.18. The Morgan fingerprint density at radius 2 is 2.29 bits per heavy atom. The van der Waals surface area contributed by atoms with E-state index in [1.165, 1.54) is 0 Å². The highest BCUT2D eigenvalue weighted by molar-refractivity contribution is 7.15. The molecule has 3 aromatic heterocycles. The molecular formula is C12H11N3OS. The Balaban J connectivity index is 2.35. The van der Waals surface area contributed by atoms with E-state index in [0.29, 0.717) is 5.52 Å². The highest BCUT2D eigenvalue weighted by Crippen LogP contribution is 2.29. The van der Waals surface area contributed by atoms with Crippen molar-refractivity contribution in [3.63, 3.8) is 0 Å². The Morgan fingerprint density at radius 3 is 2.94 bits per heavy atom. The summed E-state index contributed by atoms with van der Waals surface area (Å²) in [7, 11) is 1.90. The van der Waals surface area contributed by atoms with Crippen LogP contribution in [0.4, 0.5) is 0 Å². The van der Waals surface area contributed by atoms with Crippen LogP contribution in [0.2, 0.25) is 0 Å². The monoisotopic (exact) mass is 245 g/mol. The third-order valence-corrected chi connectivity index (χ3v) is 3.76. The number of nitrogens with one attached hydrogen (secondary N) is 1. The molecule has 0 aliphatic rings. The summed E-state index contributed by atoms with van der Waals surface area (Å²) in [5.74, 6) is 0. The second kappa shape index (κ2) is 3.56. The summed E-state index contributed by atoms with van der Waals surface area (Å²) < 4.78 is 1.92. The highest BCUT2D eigenvalue weighted by atomic mass is 32.1. The summed E-state index contributed by atoms with van der Waals surface area (Å²) in [6, 6.07) is 3.94. The summed E-state index contributed by atoms with van der Waals surface area (Å²) in [6.07, 6.45) is 3.52. The molecule has 1 N–H and O–H groups in total. The van der Waals surface area contributed by atoms with Gasteiger partial charge in [0.05, 0.1) is 15.6 Å². The molecule has 86 valence electrons. The standard InChI is InChI=1S/C12H11N3OS/c1-7-14-6-10(17-7)9-5-8-3-4-13-12(16)11(8)15(9)2/h3-6H,1-2H3,(H,13,16). The molecule has 0 amide bonds. The molecule has 0 saturated carbocycles. The van der Waals surface area contributed by atoms with Gasteiger partial charge in [0.2, 0.25) is 0 Å². The molecule has 0 saturated heterocycles.